The van der Waals surface area contributed by atoms with Crippen LogP contribution in [0.4, 0.5) is 0 Å². The van der Waals surface area contributed by atoms with E-state index in [9.17, 15) is 0 Å². The fourth-order valence-corrected chi connectivity index (χ4v) is 3.90. The van der Waals surface area contributed by atoms with Gasteiger partial charge in [-0.1, -0.05) is 97.2 Å². The summed E-state index contributed by atoms with van der Waals surface area (Å²) in [6.07, 6.45) is 16.2. The second-order valence-corrected chi connectivity index (χ2v) is 6.23. The van der Waals surface area contributed by atoms with Crippen molar-refractivity contribution in [2.45, 2.75) is 60.3 Å². The molecule has 0 heterocycles. The van der Waals surface area contributed by atoms with Crippen molar-refractivity contribution in [2.24, 2.45) is 0 Å². The summed E-state index contributed by atoms with van der Waals surface area (Å²) in [5, 5.41) is 0. The minimum absolute atomic E-state index is 0.148. The average molecular weight is 386 g/mol. The summed E-state index contributed by atoms with van der Waals surface area (Å²) in [4.78, 5) is 3.76. The standard InChI is InChI=1S/C20H23S.3C2H6/c1-5-9-14-18(7-3)21(19(8-4)15-10-6-2)20-16-12-11-13-17-20;3*1-2/h5-17H,1,4H2,2-3H3;3*1-2H3/q+1;;;/b10-6-,14-9-,18-7+,19-15+;;;. The van der Waals surface area contributed by atoms with Crippen molar-refractivity contribution in [1.82, 2.24) is 0 Å². The van der Waals surface area contributed by atoms with Crippen LogP contribution >= 0.6 is 0 Å². The predicted molar refractivity (Wildman–Crippen MR) is 132 cm³/mol. The van der Waals surface area contributed by atoms with Crippen LogP contribution in [-0.4, -0.2) is 0 Å². The van der Waals surface area contributed by atoms with Gasteiger partial charge in [0.1, 0.15) is 0 Å². The Labute approximate surface area is 173 Å². The van der Waals surface area contributed by atoms with Crippen molar-refractivity contribution in [1.29, 1.82) is 0 Å². The highest BCUT2D eigenvalue weighted by molar-refractivity contribution is 8.04. The third-order valence-electron chi connectivity index (χ3n) is 2.79. The third kappa shape index (κ3) is 12.9. The van der Waals surface area contributed by atoms with E-state index in [2.05, 4.69) is 68.7 Å². The summed E-state index contributed by atoms with van der Waals surface area (Å²) in [6.45, 7) is 23.8. The molecule has 27 heavy (non-hydrogen) atoms. The Morgan fingerprint density at radius 2 is 1.37 bits per heavy atom. The lowest BCUT2D eigenvalue weighted by Gasteiger charge is -2.08. The number of hydrogen-bond acceptors (Lipinski definition) is 0. The Hall–Kier alpha value is -1.99. The van der Waals surface area contributed by atoms with Gasteiger partial charge in [0, 0.05) is 0 Å². The van der Waals surface area contributed by atoms with E-state index in [1.807, 2.05) is 72.8 Å². The SMILES string of the molecule is C=C/C=C\C(=C/C)[S+](/C(C=C)=C/C=C\C)c1ccccc1.CC.CC.CC. The Kier molecular flexibility index (Phi) is 26.5. The maximum absolute atomic E-state index is 3.99. The molecule has 150 valence electrons. The first-order valence-electron chi connectivity index (χ1n) is 9.98. The molecular formula is C26H41S+. The maximum atomic E-state index is 3.99. The van der Waals surface area contributed by atoms with Crippen LogP contribution in [0.3, 0.4) is 0 Å². The van der Waals surface area contributed by atoms with Gasteiger partial charge in [-0.05, 0) is 50.3 Å². The lowest BCUT2D eigenvalue weighted by molar-refractivity contribution is 1.45. The molecule has 0 aliphatic rings. The minimum Gasteiger partial charge on any atom is -0.0991 e. The minimum atomic E-state index is -0.148. The van der Waals surface area contributed by atoms with Crippen LogP contribution in [0.1, 0.15) is 55.4 Å². The molecule has 1 atom stereocenters. The van der Waals surface area contributed by atoms with Gasteiger partial charge in [-0.25, -0.2) is 0 Å². The monoisotopic (exact) mass is 385 g/mol. The summed E-state index contributed by atoms with van der Waals surface area (Å²) >= 11 is 0. The predicted octanol–water partition coefficient (Wildman–Crippen LogP) is 9.03. The second-order valence-electron chi connectivity index (χ2n) is 4.20. The van der Waals surface area contributed by atoms with Gasteiger partial charge in [-0.15, -0.1) is 0 Å². The van der Waals surface area contributed by atoms with E-state index in [4.69, 9.17) is 0 Å². The molecule has 1 rings (SSSR count). The molecule has 1 aromatic carbocycles. The van der Waals surface area contributed by atoms with E-state index in [0.717, 1.165) is 0 Å². The molecule has 0 aliphatic heterocycles. The zero-order valence-corrected chi connectivity index (χ0v) is 19.6. The number of hydrogen-bond donors (Lipinski definition) is 0. The topological polar surface area (TPSA) is 0 Å². The molecule has 0 nitrogen and oxygen atoms in total. The Bertz CT molecular complexity index is 571. The van der Waals surface area contributed by atoms with E-state index < -0.39 is 0 Å². The third-order valence-corrected chi connectivity index (χ3v) is 5.15. The lowest BCUT2D eigenvalue weighted by atomic mass is 10.4. The number of benzene rings is 1. The van der Waals surface area contributed by atoms with Gasteiger partial charge >= 0.3 is 0 Å². The van der Waals surface area contributed by atoms with Crippen LogP contribution in [0.15, 0.2) is 107 Å². The molecule has 0 fully saturated rings. The van der Waals surface area contributed by atoms with Crippen molar-refractivity contribution in [2.75, 3.05) is 0 Å². The zero-order chi connectivity index (χ0) is 21.5. The quantitative estimate of drug-likeness (QED) is 0.324. The van der Waals surface area contributed by atoms with Gasteiger partial charge in [0.15, 0.2) is 14.7 Å². The van der Waals surface area contributed by atoms with Gasteiger partial charge in [-0.3, -0.25) is 0 Å². The molecular weight excluding hydrogens is 344 g/mol. The fraction of sp³-hybridized carbons (Fsp3) is 0.308. The van der Waals surface area contributed by atoms with Crippen molar-refractivity contribution < 1.29 is 0 Å². The van der Waals surface area contributed by atoms with Gasteiger partial charge in [0.2, 0.25) is 0 Å². The van der Waals surface area contributed by atoms with E-state index in [-0.39, 0.29) is 10.9 Å². The molecule has 0 bridgehead atoms. The smallest absolute Gasteiger partial charge is 0.0991 e. The van der Waals surface area contributed by atoms with Gasteiger partial charge in [0.25, 0.3) is 0 Å². The Balaban J connectivity index is -0.000000869. The molecule has 0 N–H and O–H groups in total. The molecule has 0 saturated carbocycles. The average Bonchev–Trinajstić information content (AvgIpc) is 2.77. The molecule has 0 radical (unpaired) electrons. The summed E-state index contributed by atoms with van der Waals surface area (Å²) in [5.41, 5.74) is 0. The van der Waals surface area contributed by atoms with Crippen molar-refractivity contribution in [3.8, 4) is 0 Å². The van der Waals surface area contributed by atoms with Crippen molar-refractivity contribution in [3.63, 3.8) is 0 Å². The molecule has 0 saturated heterocycles. The van der Waals surface area contributed by atoms with Crippen LogP contribution in [0, 0.1) is 0 Å². The number of rotatable bonds is 7. The van der Waals surface area contributed by atoms with Crippen LogP contribution in [-0.2, 0) is 10.9 Å². The lowest BCUT2D eigenvalue weighted by Crippen LogP contribution is -2.06. The van der Waals surface area contributed by atoms with Gasteiger partial charge in [-0.2, -0.15) is 0 Å². The molecule has 1 unspecified atom stereocenters. The van der Waals surface area contributed by atoms with E-state index in [1.54, 1.807) is 6.08 Å². The van der Waals surface area contributed by atoms with Crippen molar-refractivity contribution in [3.05, 3.63) is 102 Å². The van der Waals surface area contributed by atoms with E-state index >= 15 is 0 Å². The highest BCUT2D eigenvalue weighted by Gasteiger charge is 2.29. The Morgan fingerprint density at radius 3 is 1.78 bits per heavy atom. The van der Waals surface area contributed by atoms with Gasteiger partial charge < -0.3 is 0 Å². The molecule has 1 heteroatoms. The first-order valence-corrected chi connectivity index (χ1v) is 11.2. The van der Waals surface area contributed by atoms with Gasteiger partial charge in [0.05, 0.1) is 10.9 Å². The van der Waals surface area contributed by atoms with Crippen molar-refractivity contribution >= 4 is 10.9 Å². The zero-order valence-electron chi connectivity index (χ0n) is 18.8. The van der Waals surface area contributed by atoms with Crippen LogP contribution in [0.25, 0.3) is 0 Å². The first kappa shape index (κ1) is 29.8. The second kappa shape index (κ2) is 24.0. The molecule has 1 aromatic rings. The molecule has 0 aromatic heterocycles. The fourth-order valence-electron chi connectivity index (χ4n) is 1.82. The molecule has 0 aliphatic carbocycles. The van der Waals surface area contributed by atoms with E-state index in [0.29, 0.717) is 0 Å². The largest absolute Gasteiger partial charge is 0.166 e. The Morgan fingerprint density at radius 1 is 0.815 bits per heavy atom. The summed E-state index contributed by atoms with van der Waals surface area (Å²) in [5.74, 6) is 0. The maximum Gasteiger partial charge on any atom is 0.166 e. The van der Waals surface area contributed by atoms with E-state index in [1.165, 1.54) is 14.7 Å². The summed E-state index contributed by atoms with van der Waals surface area (Å²) < 4.78 is 0. The van der Waals surface area contributed by atoms with Crippen LogP contribution in [0.5, 0.6) is 0 Å². The van der Waals surface area contributed by atoms with Crippen LogP contribution < -0.4 is 0 Å². The first-order chi connectivity index (χ1) is 13.3. The summed E-state index contributed by atoms with van der Waals surface area (Å²) in [7, 11) is -0.148. The summed E-state index contributed by atoms with van der Waals surface area (Å²) in [6, 6.07) is 10.5. The van der Waals surface area contributed by atoms with Crippen LogP contribution in [0.2, 0.25) is 0 Å². The molecule has 0 spiro atoms. The normalized spacial score (nSPS) is 12.0. The number of allylic oxidation sites excluding steroid dienone is 8. The molecule has 0 amide bonds. The highest BCUT2D eigenvalue weighted by atomic mass is 32.2. The highest BCUT2D eigenvalue weighted by Crippen LogP contribution is 2.30.